The fraction of sp³-hybridized carbons (Fsp3) is 0.882. The van der Waals surface area contributed by atoms with Crippen molar-refractivity contribution in [3.8, 4) is 0 Å². The number of rotatable bonds is 6. The van der Waals surface area contributed by atoms with Crippen LogP contribution in [-0.4, -0.2) is 0 Å². The van der Waals surface area contributed by atoms with E-state index in [1.54, 1.807) is 11.1 Å². The lowest BCUT2D eigenvalue weighted by Gasteiger charge is -2.27. The summed E-state index contributed by atoms with van der Waals surface area (Å²) in [5, 5.41) is 0. The maximum atomic E-state index is 2.53. The first-order chi connectivity index (χ1) is 7.90. The highest BCUT2D eigenvalue weighted by molar-refractivity contribution is 5.32. The monoisotopic (exact) mass is 234 g/mol. The van der Waals surface area contributed by atoms with Gasteiger partial charge in [0.05, 0.1) is 0 Å². The van der Waals surface area contributed by atoms with Crippen molar-refractivity contribution in [1.82, 2.24) is 0 Å². The lowest BCUT2D eigenvalue weighted by molar-refractivity contribution is 0.281. The number of allylic oxidation sites excluding steroid dienone is 2. The van der Waals surface area contributed by atoms with Gasteiger partial charge in [-0.15, -0.1) is 0 Å². The van der Waals surface area contributed by atoms with Crippen molar-refractivity contribution in [2.24, 2.45) is 22.7 Å². The molecular weight excluding hydrogens is 204 g/mol. The number of fused-ring (bicyclic) bond motifs is 1. The van der Waals surface area contributed by atoms with Crippen LogP contribution in [0.3, 0.4) is 0 Å². The molecule has 0 heterocycles. The molecule has 4 atom stereocenters. The first kappa shape index (κ1) is 13.2. The summed E-state index contributed by atoms with van der Waals surface area (Å²) < 4.78 is 0. The van der Waals surface area contributed by atoms with Crippen LogP contribution in [0.25, 0.3) is 0 Å². The van der Waals surface area contributed by atoms with Gasteiger partial charge in [-0.25, -0.2) is 0 Å². The molecule has 0 N–H and O–H groups in total. The summed E-state index contributed by atoms with van der Waals surface area (Å²) in [7, 11) is 0. The van der Waals surface area contributed by atoms with Crippen molar-refractivity contribution in [3.63, 3.8) is 0 Å². The van der Waals surface area contributed by atoms with Crippen molar-refractivity contribution >= 4 is 0 Å². The van der Waals surface area contributed by atoms with Crippen LogP contribution in [0, 0.1) is 22.7 Å². The summed E-state index contributed by atoms with van der Waals surface area (Å²) >= 11 is 0. The second-order valence-corrected chi connectivity index (χ2v) is 7.11. The van der Waals surface area contributed by atoms with E-state index in [-0.39, 0.29) is 0 Å². The van der Waals surface area contributed by atoms with Crippen LogP contribution in [0.4, 0.5) is 0 Å². The summed E-state index contributed by atoms with van der Waals surface area (Å²) in [5.74, 6) is 1.88. The van der Waals surface area contributed by atoms with E-state index in [4.69, 9.17) is 0 Å². The summed E-state index contributed by atoms with van der Waals surface area (Å²) in [5.41, 5.74) is 4.87. The zero-order chi connectivity index (χ0) is 12.8. The largest absolute Gasteiger partial charge is 0.0741 e. The van der Waals surface area contributed by atoms with Gasteiger partial charge in [-0.3, -0.25) is 0 Å². The normalized spacial score (nSPS) is 41.6. The minimum absolute atomic E-state index is 0.694. The molecule has 2 rings (SSSR count). The van der Waals surface area contributed by atoms with Crippen molar-refractivity contribution in [1.29, 1.82) is 0 Å². The Morgan fingerprint density at radius 2 is 1.88 bits per heavy atom. The Morgan fingerprint density at radius 3 is 2.24 bits per heavy atom. The van der Waals surface area contributed by atoms with E-state index in [2.05, 4.69) is 41.5 Å². The van der Waals surface area contributed by atoms with Gasteiger partial charge in [-0.2, -0.15) is 0 Å². The Labute approximate surface area is 108 Å². The Kier molecular flexibility index (Phi) is 3.21. The second kappa shape index (κ2) is 4.14. The van der Waals surface area contributed by atoms with Crippen molar-refractivity contribution in [2.75, 3.05) is 0 Å². The minimum Gasteiger partial charge on any atom is -0.0741 e. The van der Waals surface area contributed by atoms with E-state index in [1.165, 1.54) is 32.1 Å². The second-order valence-electron chi connectivity index (χ2n) is 7.11. The Bertz CT molecular complexity index is 338. The molecule has 0 heteroatoms. The summed E-state index contributed by atoms with van der Waals surface area (Å²) in [6.07, 6.45) is 6.79. The van der Waals surface area contributed by atoms with Crippen molar-refractivity contribution < 1.29 is 0 Å². The van der Waals surface area contributed by atoms with E-state index >= 15 is 0 Å². The third kappa shape index (κ3) is 1.88. The third-order valence-electron chi connectivity index (χ3n) is 6.15. The van der Waals surface area contributed by atoms with Crippen LogP contribution < -0.4 is 0 Å². The molecule has 2 saturated carbocycles. The molecule has 0 saturated heterocycles. The predicted molar refractivity (Wildman–Crippen MR) is 76.0 cm³/mol. The van der Waals surface area contributed by atoms with Gasteiger partial charge in [0.1, 0.15) is 0 Å². The molecule has 2 aliphatic rings. The summed E-state index contributed by atoms with van der Waals surface area (Å²) in [6.45, 7) is 14.5. The van der Waals surface area contributed by atoms with Gasteiger partial charge in [-0.1, -0.05) is 52.2 Å². The van der Waals surface area contributed by atoms with Gasteiger partial charge in [-0.05, 0) is 55.3 Å². The highest BCUT2D eigenvalue weighted by atomic mass is 14.9. The van der Waals surface area contributed by atoms with Gasteiger partial charge in [0.25, 0.3) is 0 Å². The van der Waals surface area contributed by atoms with E-state index in [0.29, 0.717) is 5.41 Å². The molecule has 0 aromatic carbocycles. The Hall–Kier alpha value is -0.260. The molecule has 0 spiro atoms. The van der Waals surface area contributed by atoms with E-state index in [9.17, 15) is 0 Å². The molecule has 2 fully saturated rings. The molecule has 0 aromatic heterocycles. The quantitative estimate of drug-likeness (QED) is 0.526. The van der Waals surface area contributed by atoms with Gasteiger partial charge >= 0.3 is 0 Å². The highest BCUT2D eigenvalue weighted by Gasteiger charge is 2.82. The summed E-state index contributed by atoms with van der Waals surface area (Å²) in [6, 6.07) is 0. The van der Waals surface area contributed by atoms with E-state index in [1.807, 2.05) is 0 Å². The molecular formula is C17H30. The van der Waals surface area contributed by atoms with Crippen LogP contribution in [0.1, 0.15) is 73.6 Å². The zero-order valence-electron chi connectivity index (χ0n) is 12.7. The van der Waals surface area contributed by atoms with Crippen molar-refractivity contribution in [3.05, 3.63) is 11.1 Å². The standard InChI is InChI=1S/C17H30/c1-7-9-14(12(3)8-2)13(4)10-16(5)15-11-17(15,16)6/h13,15H,7-11H2,1-6H3. The predicted octanol–water partition coefficient (Wildman–Crippen LogP) is 5.59. The zero-order valence-corrected chi connectivity index (χ0v) is 12.7. The number of hydrogen-bond acceptors (Lipinski definition) is 0. The molecule has 0 nitrogen and oxygen atoms in total. The lowest BCUT2D eigenvalue weighted by atomic mass is 9.78. The van der Waals surface area contributed by atoms with Gasteiger partial charge < -0.3 is 0 Å². The molecule has 0 radical (unpaired) electrons. The minimum atomic E-state index is 0.694. The molecule has 98 valence electrons. The van der Waals surface area contributed by atoms with Crippen LogP contribution >= 0.6 is 0 Å². The maximum absolute atomic E-state index is 2.53. The molecule has 2 aliphatic carbocycles. The SMILES string of the molecule is CCCC(=C(C)CC)C(C)CC1(C)C2CC21C. The van der Waals surface area contributed by atoms with Gasteiger partial charge in [0.15, 0.2) is 0 Å². The Morgan fingerprint density at radius 1 is 1.29 bits per heavy atom. The van der Waals surface area contributed by atoms with Crippen LogP contribution in [0.5, 0.6) is 0 Å². The molecule has 17 heavy (non-hydrogen) atoms. The van der Waals surface area contributed by atoms with Crippen LogP contribution in [0.15, 0.2) is 11.1 Å². The molecule has 0 aliphatic heterocycles. The smallest absolute Gasteiger partial charge is 0.0224 e. The highest BCUT2D eigenvalue weighted by Crippen LogP contribution is 2.89. The maximum Gasteiger partial charge on any atom is -0.0224 e. The van der Waals surface area contributed by atoms with Crippen molar-refractivity contribution in [2.45, 2.75) is 73.6 Å². The topological polar surface area (TPSA) is 0 Å². The molecule has 4 unspecified atom stereocenters. The fourth-order valence-electron chi connectivity index (χ4n) is 4.28. The molecule has 0 amide bonds. The average molecular weight is 234 g/mol. The first-order valence-corrected chi connectivity index (χ1v) is 7.59. The summed E-state index contributed by atoms with van der Waals surface area (Å²) in [4.78, 5) is 0. The average Bonchev–Trinajstić information content (AvgIpc) is 3.11. The Balaban J connectivity index is 2.01. The van der Waals surface area contributed by atoms with E-state index < -0.39 is 0 Å². The third-order valence-corrected chi connectivity index (χ3v) is 6.15. The fourth-order valence-corrected chi connectivity index (χ4v) is 4.28. The lowest BCUT2D eigenvalue weighted by Crippen LogP contribution is -2.17. The van der Waals surface area contributed by atoms with Gasteiger partial charge in [0.2, 0.25) is 0 Å². The first-order valence-electron chi connectivity index (χ1n) is 7.59. The molecule has 0 aromatic rings. The van der Waals surface area contributed by atoms with Gasteiger partial charge in [0, 0.05) is 0 Å². The van der Waals surface area contributed by atoms with E-state index in [0.717, 1.165) is 17.3 Å². The molecule has 0 bridgehead atoms. The van der Waals surface area contributed by atoms with Crippen LogP contribution in [0.2, 0.25) is 0 Å². The number of hydrogen-bond donors (Lipinski definition) is 0. The van der Waals surface area contributed by atoms with Crippen LogP contribution in [-0.2, 0) is 0 Å².